The van der Waals surface area contributed by atoms with E-state index in [9.17, 15) is 4.79 Å². The molecule has 4 heteroatoms. The first-order valence-corrected chi connectivity index (χ1v) is 6.86. The molecule has 0 atom stereocenters. The van der Waals surface area contributed by atoms with Gasteiger partial charge < -0.3 is 0 Å². The Labute approximate surface area is 98.8 Å². The van der Waals surface area contributed by atoms with Crippen LogP contribution in [0.5, 0.6) is 0 Å². The molecule has 0 fully saturated rings. The zero-order chi connectivity index (χ0) is 9.68. The van der Waals surface area contributed by atoms with Crippen LogP contribution in [0.3, 0.4) is 0 Å². The third-order valence-corrected chi connectivity index (χ3v) is 3.92. The second-order valence-corrected chi connectivity index (χ2v) is 5.32. The van der Waals surface area contributed by atoms with Crippen molar-refractivity contribution in [1.82, 2.24) is 0 Å². The molecule has 1 rings (SSSR count). The van der Waals surface area contributed by atoms with Crippen LogP contribution in [0.2, 0.25) is 0 Å². The number of halogens is 2. The van der Waals surface area contributed by atoms with Crippen LogP contribution in [0.25, 0.3) is 0 Å². The number of carbonyl (C=O) groups is 1. The van der Waals surface area contributed by atoms with Gasteiger partial charge >= 0.3 is 0 Å². The minimum absolute atomic E-state index is 0.261. The van der Waals surface area contributed by atoms with Crippen molar-refractivity contribution in [2.24, 2.45) is 0 Å². The van der Waals surface area contributed by atoms with Gasteiger partial charge in [-0.05, 0) is 34.8 Å². The molecular formula is C9H10Br2OS. The van der Waals surface area contributed by atoms with Crippen LogP contribution in [0.15, 0.2) is 15.9 Å². The number of alkyl halides is 1. The highest BCUT2D eigenvalue weighted by atomic mass is 79.9. The van der Waals surface area contributed by atoms with Crippen LogP contribution < -0.4 is 0 Å². The lowest BCUT2D eigenvalue weighted by Gasteiger charge is -1.95. The fraction of sp³-hybridized carbons (Fsp3) is 0.444. The standard InChI is InChI=1S/C9H10Br2OS/c10-4-2-1-3-8(12)9-5-7(11)6-13-9/h5-6H,1-4H2. The van der Waals surface area contributed by atoms with E-state index in [0.717, 1.165) is 27.5 Å². The Morgan fingerprint density at radius 2 is 2.23 bits per heavy atom. The van der Waals surface area contributed by atoms with Crippen molar-refractivity contribution in [1.29, 1.82) is 0 Å². The zero-order valence-corrected chi connectivity index (χ0v) is 11.0. The smallest absolute Gasteiger partial charge is 0.172 e. The number of rotatable bonds is 5. The third kappa shape index (κ3) is 3.92. The minimum atomic E-state index is 0.261. The molecule has 0 unspecified atom stereocenters. The lowest BCUT2D eigenvalue weighted by Crippen LogP contribution is -1.95. The number of hydrogen-bond donors (Lipinski definition) is 0. The summed E-state index contributed by atoms with van der Waals surface area (Å²) in [7, 11) is 0. The van der Waals surface area contributed by atoms with Crippen LogP contribution in [0, 0.1) is 0 Å². The molecule has 1 nitrogen and oxygen atoms in total. The maximum atomic E-state index is 11.5. The Morgan fingerprint density at radius 1 is 1.46 bits per heavy atom. The normalized spacial score (nSPS) is 10.3. The Balaban J connectivity index is 2.40. The summed E-state index contributed by atoms with van der Waals surface area (Å²) in [5.41, 5.74) is 0. The summed E-state index contributed by atoms with van der Waals surface area (Å²) in [5.74, 6) is 0.261. The summed E-state index contributed by atoms with van der Waals surface area (Å²) in [6.07, 6.45) is 2.70. The van der Waals surface area contributed by atoms with Crippen molar-refractivity contribution in [3.05, 3.63) is 20.8 Å². The van der Waals surface area contributed by atoms with E-state index in [1.54, 1.807) is 0 Å². The molecule has 0 spiro atoms. The average Bonchev–Trinajstić information content (AvgIpc) is 2.52. The van der Waals surface area contributed by atoms with Gasteiger partial charge in [-0.2, -0.15) is 0 Å². The van der Waals surface area contributed by atoms with Crippen LogP contribution >= 0.6 is 43.2 Å². The van der Waals surface area contributed by atoms with Gasteiger partial charge in [0, 0.05) is 21.6 Å². The highest BCUT2D eigenvalue weighted by Crippen LogP contribution is 2.21. The number of thiophene rings is 1. The lowest BCUT2D eigenvalue weighted by molar-refractivity contribution is 0.0984. The van der Waals surface area contributed by atoms with E-state index in [0.29, 0.717) is 6.42 Å². The SMILES string of the molecule is O=C(CCCCBr)c1cc(Br)cs1. The molecule has 13 heavy (non-hydrogen) atoms. The highest BCUT2D eigenvalue weighted by Gasteiger charge is 2.07. The van der Waals surface area contributed by atoms with Crippen molar-refractivity contribution in [2.45, 2.75) is 19.3 Å². The molecule has 0 aliphatic carbocycles. The van der Waals surface area contributed by atoms with Crippen molar-refractivity contribution < 1.29 is 4.79 Å². The summed E-state index contributed by atoms with van der Waals surface area (Å²) < 4.78 is 1.00. The third-order valence-electron chi connectivity index (χ3n) is 1.63. The summed E-state index contributed by atoms with van der Waals surface area (Å²) >= 11 is 8.18. The first-order valence-electron chi connectivity index (χ1n) is 4.07. The molecule has 1 aromatic rings. The van der Waals surface area contributed by atoms with Crippen molar-refractivity contribution >= 4 is 49.0 Å². The van der Waals surface area contributed by atoms with E-state index >= 15 is 0 Å². The molecule has 0 bridgehead atoms. The van der Waals surface area contributed by atoms with Crippen LogP contribution in [0.1, 0.15) is 28.9 Å². The average molecular weight is 326 g/mol. The molecule has 0 amide bonds. The number of unbranched alkanes of at least 4 members (excludes halogenated alkanes) is 1. The van der Waals surface area contributed by atoms with Gasteiger partial charge in [0.1, 0.15) is 0 Å². The summed E-state index contributed by atoms with van der Waals surface area (Å²) in [5, 5.41) is 2.92. The molecule has 0 radical (unpaired) electrons. The number of Topliss-reactive ketones (excluding diaryl/α,β-unsaturated/α-hetero) is 1. The number of hydrogen-bond acceptors (Lipinski definition) is 2. The molecule has 1 heterocycles. The molecule has 72 valence electrons. The first-order chi connectivity index (χ1) is 6.24. The largest absolute Gasteiger partial charge is 0.293 e. The van der Waals surface area contributed by atoms with Crippen LogP contribution in [-0.4, -0.2) is 11.1 Å². The molecule has 0 N–H and O–H groups in total. The maximum Gasteiger partial charge on any atom is 0.172 e. The zero-order valence-electron chi connectivity index (χ0n) is 7.06. The second kappa shape index (κ2) is 5.94. The second-order valence-electron chi connectivity index (χ2n) is 2.70. The first kappa shape index (κ1) is 11.4. The fourth-order valence-corrected chi connectivity index (χ4v) is 2.76. The summed E-state index contributed by atoms with van der Waals surface area (Å²) in [6, 6.07) is 1.89. The Morgan fingerprint density at radius 3 is 2.77 bits per heavy atom. The minimum Gasteiger partial charge on any atom is -0.293 e. The van der Waals surface area contributed by atoms with Gasteiger partial charge in [-0.25, -0.2) is 0 Å². The van der Waals surface area contributed by atoms with E-state index in [1.807, 2.05) is 11.4 Å². The van der Waals surface area contributed by atoms with Gasteiger partial charge in [-0.3, -0.25) is 4.79 Å². The molecular weight excluding hydrogens is 316 g/mol. The number of carbonyl (C=O) groups excluding carboxylic acids is 1. The van der Waals surface area contributed by atoms with Gasteiger partial charge in [0.25, 0.3) is 0 Å². The lowest BCUT2D eigenvalue weighted by atomic mass is 10.1. The molecule has 0 aromatic carbocycles. The predicted molar refractivity (Wildman–Crippen MR) is 64.0 cm³/mol. The van der Waals surface area contributed by atoms with Gasteiger partial charge in [0.2, 0.25) is 0 Å². The van der Waals surface area contributed by atoms with E-state index < -0.39 is 0 Å². The molecule has 0 saturated heterocycles. The highest BCUT2D eigenvalue weighted by molar-refractivity contribution is 9.10. The Bertz CT molecular complexity index is 283. The fourth-order valence-electron chi connectivity index (χ4n) is 0.963. The molecule has 1 aromatic heterocycles. The summed E-state index contributed by atoms with van der Waals surface area (Å²) in [4.78, 5) is 12.4. The van der Waals surface area contributed by atoms with Crippen molar-refractivity contribution in [3.8, 4) is 0 Å². The van der Waals surface area contributed by atoms with E-state index in [4.69, 9.17) is 0 Å². The number of ketones is 1. The monoisotopic (exact) mass is 324 g/mol. The van der Waals surface area contributed by atoms with Gasteiger partial charge in [-0.1, -0.05) is 15.9 Å². The predicted octanol–water partition coefficient (Wildman–Crippen LogP) is 4.26. The maximum absolute atomic E-state index is 11.5. The molecule has 0 aliphatic heterocycles. The quantitative estimate of drug-likeness (QED) is 0.449. The van der Waals surface area contributed by atoms with Crippen molar-refractivity contribution in [3.63, 3.8) is 0 Å². The van der Waals surface area contributed by atoms with E-state index in [-0.39, 0.29) is 5.78 Å². The van der Waals surface area contributed by atoms with Crippen LogP contribution in [-0.2, 0) is 0 Å². The van der Waals surface area contributed by atoms with Crippen molar-refractivity contribution in [2.75, 3.05) is 5.33 Å². The Kier molecular flexibility index (Phi) is 5.21. The van der Waals surface area contributed by atoms with E-state index in [1.165, 1.54) is 11.3 Å². The van der Waals surface area contributed by atoms with Crippen LogP contribution in [0.4, 0.5) is 0 Å². The topological polar surface area (TPSA) is 17.1 Å². The van der Waals surface area contributed by atoms with Gasteiger partial charge in [-0.15, -0.1) is 11.3 Å². The van der Waals surface area contributed by atoms with E-state index in [2.05, 4.69) is 31.9 Å². The van der Waals surface area contributed by atoms with Gasteiger partial charge in [0.15, 0.2) is 5.78 Å². The van der Waals surface area contributed by atoms with Gasteiger partial charge in [0.05, 0.1) is 4.88 Å². The molecule has 0 aliphatic rings. The Hall–Kier alpha value is 0.330. The molecule has 0 saturated carbocycles. The summed E-state index contributed by atoms with van der Waals surface area (Å²) in [6.45, 7) is 0.